The first-order valence-electron chi connectivity index (χ1n) is 14.1. The summed E-state index contributed by atoms with van der Waals surface area (Å²) in [5.74, 6) is -1.71. The molecule has 0 saturated carbocycles. The summed E-state index contributed by atoms with van der Waals surface area (Å²) in [5, 5.41) is 21.2. The van der Waals surface area contributed by atoms with E-state index in [4.69, 9.17) is 18.9 Å². The molecule has 2 N–H and O–H groups in total. The Hall–Kier alpha value is -5.77. The quantitative estimate of drug-likeness (QED) is 0.187. The predicted octanol–water partition coefficient (Wildman–Crippen LogP) is 5.68. The lowest BCUT2D eigenvalue weighted by atomic mass is 9.76. The van der Waals surface area contributed by atoms with Crippen LogP contribution in [0.25, 0.3) is 0 Å². The molecule has 0 saturated heterocycles. The predicted molar refractivity (Wildman–Crippen MR) is 159 cm³/mol. The van der Waals surface area contributed by atoms with Gasteiger partial charge in [-0.15, -0.1) is 0 Å². The highest BCUT2D eigenvalue weighted by atomic mass is 16.6. The molecule has 5 aromatic rings. The fraction of sp³-hybridized carbons (Fsp3) is 0.0833. The van der Waals surface area contributed by atoms with Crippen molar-refractivity contribution in [2.24, 2.45) is 0 Å². The molecule has 2 heterocycles. The Kier molecular flexibility index (Phi) is 6.89. The number of esters is 3. The van der Waals surface area contributed by atoms with Crippen LogP contribution in [-0.2, 0) is 23.6 Å². The van der Waals surface area contributed by atoms with Crippen LogP contribution in [0.15, 0.2) is 109 Å². The number of carbonyl (C=O) groups is 3. The Bertz CT molecular complexity index is 1870. The van der Waals surface area contributed by atoms with Crippen LogP contribution in [0.4, 0.5) is 0 Å². The molecule has 0 aliphatic carbocycles. The summed E-state index contributed by atoms with van der Waals surface area (Å²) >= 11 is 0. The van der Waals surface area contributed by atoms with Gasteiger partial charge in [0.15, 0.2) is 5.60 Å². The lowest BCUT2D eigenvalue weighted by Crippen LogP contribution is -2.34. The first kappa shape index (κ1) is 28.0. The Labute approximate surface area is 256 Å². The van der Waals surface area contributed by atoms with Crippen LogP contribution in [0, 0.1) is 0 Å². The van der Waals surface area contributed by atoms with E-state index in [2.05, 4.69) is 0 Å². The molecule has 0 radical (unpaired) electrons. The van der Waals surface area contributed by atoms with Crippen LogP contribution in [0.1, 0.15) is 58.9 Å². The summed E-state index contributed by atoms with van der Waals surface area (Å²) in [7, 11) is 0. The molecule has 2 aliphatic heterocycles. The average Bonchev–Trinajstić information content (AvgIpc) is 3.37. The minimum atomic E-state index is -1.56. The number of ether oxygens (including phenoxy) is 4. The van der Waals surface area contributed by atoms with Gasteiger partial charge in [-0.2, -0.15) is 0 Å². The molecule has 0 fully saturated rings. The first-order chi connectivity index (χ1) is 22.0. The molecular weight excluding hydrogens is 576 g/mol. The van der Waals surface area contributed by atoms with Gasteiger partial charge in [-0.3, -0.25) is 0 Å². The molecule has 2 aliphatic rings. The highest BCUT2D eigenvalue weighted by molar-refractivity contribution is 5.97. The maximum atomic E-state index is 13.3. The van der Waals surface area contributed by atoms with Crippen LogP contribution < -0.4 is 14.2 Å². The number of aliphatic hydroxyl groups excluding tert-OH is 2. The van der Waals surface area contributed by atoms with E-state index in [0.29, 0.717) is 33.4 Å². The van der Waals surface area contributed by atoms with Gasteiger partial charge >= 0.3 is 17.9 Å². The second-order valence-corrected chi connectivity index (χ2v) is 10.4. The number of carbonyl (C=O) groups excluding carboxylic acids is 3. The number of rotatable bonds is 6. The number of hydrogen-bond donors (Lipinski definition) is 2. The van der Waals surface area contributed by atoms with E-state index in [9.17, 15) is 24.6 Å². The summed E-state index contributed by atoms with van der Waals surface area (Å²) in [5.41, 5.74) is 0.832. The topological polar surface area (TPSA) is 129 Å². The Morgan fingerprint density at radius 1 is 0.600 bits per heavy atom. The zero-order valence-corrected chi connectivity index (χ0v) is 23.6. The van der Waals surface area contributed by atoms with E-state index in [1.165, 1.54) is 12.1 Å². The van der Waals surface area contributed by atoms with Gasteiger partial charge in [0.2, 0.25) is 0 Å². The van der Waals surface area contributed by atoms with E-state index < -0.39 is 36.7 Å². The molecule has 5 aromatic carbocycles. The van der Waals surface area contributed by atoms with Crippen molar-refractivity contribution in [1.29, 1.82) is 0 Å². The lowest BCUT2D eigenvalue weighted by Gasteiger charge is -2.38. The van der Waals surface area contributed by atoms with Crippen molar-refractivity contribution in [3.05, 3.63) is 154 Å². The van der Waals surface area contributed by atoms with E-state index in [-0.39, 0.29) is 34.1 Å². The summed E-state index contributed by atoms with van der Waals surface area (Å²) in [6, 6.07) is 29.9. The summed E-state index contributed by atoms with van der Waals surface area (Å²) < 4.78 is 24.0. The number of hydrogen-bond acceptors (Lipinski definition) is 9. The highest BCUT2D eigenvalue weighted by Gasteiger charge is 2.54. The highest BCUT2D eigenvalue weighted by Crippen LogP contribution is 2.59. The minimum Gasteiger partial charge on any atom is -0.455 e. The Balaban J connectivity index is 1.42. The molecule has 9 nitrogen and oxygen atoms in total. The van der Waals surface area contributed by atoms with Gasteiger partial charge < -0.3 is 29.2 Å². The van der Waals surface area contributed by atoms with Gasteiger partial charge in [0, 0.05) is 16.7 Å². The molecule has 1 spiro atoms. The summed E-state index contributed by atoms with van der Waals surface area (Å²) in [6.07, 6.45) is 0. The van der Waals surface area contributed by atoms with Crippen LogP contribution in [0.5, 0.6) is 23.0 Å². The first-order valence-corrected chi connectivity index (χ1v) is 14.1. The van der Waals surface area contributed by atoms with Crippen molar-refractivity contribution in [2.75, 3.05) is 0 Å². The molecule has 0 atom stereocenters. The molecular formula is C36H24O9. The zero-order chi connectivity index (χ0) is 31.1. The number of fused-ring (bicyclic) bond motifs is 6. The van der Waals surface area contributed by atoms with E-state index in [0.717, 1.165) is 0 Å². The molecule has 0 bridgehead atoms. The molecule has 0 aromatic heterocycles. The van der Waals surface area contributed by atoms with Crippen molar-refractivity contribution in [1.82, 2.24) is 0 Å². The smallest absolute Gasteiger partial charge is 0.343 e. The zero-order valence-electron chi connectivity index (χ0n) is 23.6. The second-order valence-electron chi connectivity index (χ2n) is 10.4. The fourth-order valence-electron chi connectivity index (χ4n) is 5.83. The van der Waals surface area contributed by atoms with Crippen LogP contribution >= 0.6 is 0 Å². The van der Waals surface area contributed by atoms with Gasteiger partial charge in [0.1, 0.15) is 23.0 Å². The van der Waals surface area contributed by atoms with E-state index >= 15 is 0 Å². The van der Waals surface area contributed by atoms with Crippen LogP contribution in [0.2, 0.25) is 0 Å². The Morgan fingerprint density at radius 3 is 1.56 bits per heavy atom. The van der Waals surface area contributed by atoms with Gasteiger partial charge in [0.25, 0.3) is 0 Å². The maximum absolute atomic E-state index is 13.3. The van der Waals surface area contributed by atoms with E-state index in [1.807, 2.05) is 0 Å². The van der Waals surface area contributed by atoms with Crippen molar-refractivity contribution >= 4 is 17.9 Å². The van der Waals surface area contributed by atoms with Crippen LogP contribution in [-0.4, -0.2) is 28.1 Å². The van der Waals surface area contributed by atoms with Crippen LogP contribution in [0.3, 0.4) is 0 Å². The standard InChI is InChI=1S/C36H24O9/c37-19-24-29(42-33(39)21-9-3-1-4-10-21)17-15-27-31(24)44-32-25(20-38)30(43-34(40)22-11-5-2-6-12-22)18-16-28(32)36(27)26-14-8-7-13-23(26)35(41)45-36/h1-18,37-38H,19-20H2. The second kappa shape index (κ2) is 11.1. The maximum Gasteiger partial charge on any atom is 0.343 e. The Morgan fingerprint density at radius 2 is 1.07 bits per heavy atom. The molecule has 45 heavy (non-hydrogen) atoms. The third-order valence-electron chi connectivity index (χ3n) is 7.91. The SMILES string of the molecule is O=C(Oc1ccc2c(c1CO)Oc1c(ccc(OC(=O)c3ccccc3)c1CO)C21OC(=O)c2ccccc21)c1ccccc1. The van der Waals surface area contributed by atoms with Gasteiger partial charge in [-0.1, -0.05) is 54.6 Å². The van der Waals surface area contributed by atoms with E-state index in [1.54, 1.807) is 97.1 Å². The van der Waals surface area contributed by atoms with Crippen molar-refractivity contribution in [3.63, 3.8) is 0 Å². The van der Waals surface area contributed by atoms with Gasteiger partial charge in [-0.25, -0.2) is 14.4 Å². The molecule has 9 heteroatoms. The fourth-order valence-corrected chi connectivity index (χ4v) is 5.83. The van der Waals surface area contributed by atoms with Crippen molar-refractivity contribution < 1.29 is 43.5 Å². The molecule has 0 unspecified atom stereocenters. The third-order valence-corrected chi connectivity index (χ3v) is 7.91. The number of benzene rings is 5. The van der Waals surface area contributed by atoms with Gasteiger partial charge in [0.05, 0.1) is 41.0 Å². The largest absolute Gasteiger partial charge is 0.455 e. The number of aliphatic hydroxyl groups is 2. The molecule has 7 rings (SSSR count). The lowest BCUT2D eigenvalue weighted by molar-refractivity contribution is 0.0221. The minimum absolute atomic E-state index is 0.0264. The van der Waals surface area contributed by atoms with Gasteiger partial charge in [-0.05, 0) is 54.6 Å². The average molecular weight is 601 g/mol. The van der Waals surface area contributed by atoms with Crippen molar-refractivity contribution in [3.8, 4) is 23.0 Å². The molecule has 222 valence electrons. The summed E-state index contributed by atoms with van der Waals surface area (Å²) in [4.78, 5) is 39.3. The normalized spacial score (nSPS) is 13.6. The summed E-state index contributed by atoms with van der Waals surface area (Å²) in [6.45, 7) is -1.22. The molecule has 0 amide bonds. The monoisotopic (exact) mass is 600 g/mol. The van der Waals surface area contributed by atoms with Crippen molar-refractivity contribution in [2.45, 2.75) is 18.8 Å². The third kappa shape index (κ3) is 4.45.